The van der Waals surface area contributed by atoms with E-state index in [1.54, 1.807) is 9.75 Å². The fourth-order valence-corrected chi connectivity index (χ4v) is 7.12. The summed E-state index contributed by atoms with van der Waals surface area (Å²) in [7, 11) is 0. The van der Waals surface area contributed by atoms with Crippen LogP contribution in [0.5, 0.6) is 0 Å². The number of fused-ring (bicyclic) bond motifs is 7. The van der Waals surface area contributed by atoms with Crippen molar-refractivity contribution in [2.75, 3.05) is 5.32 Å². The molecule has 4 aromatic rings. The number of aryl methyl sites for hydroxylation is 3. The second-order valence-corrected chi connectivity index (χ2v) is 10.7. The van der Waals surface area contributed by atoms with E-state index in [0.717, 1.165) is 19.3 Å². The predicted octanol–water partition coefficient (Wildman–Crippen LogP) is 8.80. The summed E-state index contributed by atoms with van der Waals surface area (Å²) in [5.74, 6) is 0. The van der Waals surface area contributed by atoms with Crippen molar-refractivity contribution in [3.63, 3.8) is 0 Å². The summed E-state index contributed by atoms with van der Waals surface area (Å²) in [5.41, 5.74) is 11.0. The highest BCUT2D eigenvalue weighted by atomic mass is 32.1. The summed E-state index contributed by atoms with van der Waals surface area (Å²) in [6.07, 6.45) is 16.3. The van der Waals surface area contributed by atoms with Crippen LogP contribution >= 0.6 is 11.3 Å². The second-order valence-electron chi connectivity index (χ2n) is 9.52. The van der Waals surface area contributed by atoms with Gasteiger partial charge in [-0.2, -0.15) is 0 Å². The monoisotopic (exact) mass is 457 g/mol. The van der Waals surface area contributed by atoms with E-state index in [1.807, 2.05) is 0 Å². The molecule has 0 radical (unpaired) electrons. The van der Waals surface area contributed by atoms with Crippen molar-refractivity contribution >= 4 is 39.4 Å². The Morgan fingerprint density at radius 1 is 0.735 bits per heavy atom. The van der Waals surface area contributed by atoms with Crippen molar-refractivity contribution < 1.29 is 0 Å². The van der Waals surface area contributed by atoms with Crippen LogP contribution in [0.25, 0.3) is 33.5 Å². The first-order valence-corrected chi connectivity index (χ1v) is 13.3. The Bertz CT molecular complexity index is 1510. The average Bonchev–Trinajstić information content (AvgIpc) is 3.28. The minimum atomic E-state index is 1.08. The summed E-state index contributed by atoms with van der Waals surface area (Å²) in [5, 5.41) is 6.50. The van der Waals surface area contributed by atoms with Gasteiger partial charge in [0.05, 0.1) is 0 Å². The third kappa shape index (κ3) is 3.28. The van der Waals surface area contributed by atoms with Gasteiger partial charge in [0.25, 0.3) is 0 Å². The molecule has 3 aliphatic rings. The maximum atomic E-state index is 3.79. The van der Waals surface area contributed by atoms with Gasteiger partial charge >= 0.3 is 0 Å². The maximum absolute atomic E-state index is 3.79. The molecule has 3 aromatic carbocycles. The molecule has 0 fully saturated rings. The lowest BCUT2D eigenvalue weighted by Crippen LogP contribution is -2.06. The van der Waals surface area contributed by atoms with Crippen LogP contribution in [-0.4, -0.2) is 0 Å². The summed E-state index contributed by atoms with van der Waals surface area (Å²) in [4.78, 5) is 3.16. The fraction of sp³-hybridized carbons (Fsp3) is 0.188. The zero-order valence-corrected chi connectivity index (χ0v) is 20.1. The number of benzene rings is 3. The van der Waals surface area contributed by atoms with E-state index >= 15 is 0 Å². The van der Waals surface area contributed by atoms with Crippen molar-refractivity contribution in [1.29, 1.82) is 0 Å². The largest absolute Gasteiger partial charge is 0.355 e. The van der Waals surface area contributed by atoms with Crippen LogP contribution < -0.4 is 5.32 Å². The molecule has 0 bridgehead atoms. The van der Waals surface area contributed by atoms with Crippen LogP contribution in [0.2, 0.25) is 0 Å². The Balaban J connectivity index is 1.33. The molecule has 3 aliphatic carbocycles. The molecule has 1 heterocycles. The van der Waals surface area contributed by atoms with E-state index < -0.39 is 0 Å². The summed E-state index contributed by atoms with van der Waals surface area (Å²) in [6, 6.07) is 22.3. The topological polar surface area (TPSA) is 12.0 Å². The van der Waals surface area contributed by atoms with Gasteiger partial charge in [-0.05, 0) is 83.7 Å². The highest BCUT2D eigenvalue weighted by molar-refractivity contribution is 7.12. The highest BCUT2D eigenvalue weighted by Gasteiger charge is 2.26. The summed E-state index contributed by atoms with van der Waals surface area (Å²) >= 11 is 2.06. The number of nitrogens with one attached hydrogen (secondary N) is 1. The molecule has 1 nitrogen and oxygen atoms in total. The number of hydrogen-bond acceptors (Lipinski definition) is 2. The molecule has 166 valence electrons. The van der Waals surface area contributed by atoms with Gasteiger partial charge in [0.1, 0.15) is 0 Å². The molecule has 1 aromatic heterocycles. The smallest absolute Gasteiger partial charge is 0.0420 e. The Morgan fingerprint density at radius 2 is 1.62 bits per heavy atom. The van der Waals surface area contributed by atoms with Gasteiger partial charge in [0, 0.05) is 32.3 Å². The van der Waals surface area contributed by atoms with Gasteiger partial charge in [-0.1, -0.05) is 72.8 Å². The Hall–Kier alpha value is -3.36. The lowest BCUT2D eigenvalue weighted by molar-refractivity contribution is 0.966. The summed E-state index contributed by atoms with van der Waals surface area (Å²) in [6.45, 7) is 0. The van der Waals surface area contributed by atoms with Crippen molar-refractivity contribution in [3.8, 4) is 11.1 Å². The van der Waals surface area contributed by atoms with Gasteiger partial charge in [0.2, 0.25) is 0 Å². The molecule has 1 N–H and O–H groups in total. The third-order valence-corrected chi connectivity index (χ3v) is 8.74. The van der Waals surface area contributed by atoms with E-state index in [4.69, 9.17) is 0 Å². The predicted molar refractivity (Wildman–Crippen MR) is 147 cm³/mol. The normalized spacial score (nSPS) is 16.4. The van der Waals surface area contributed by atoms with Crippen LogP contribution in [0.3, 0.4) is 0 Å². The minimum Gasteiger partial charge on any atom is -0.355 e. The van der Waals surface area contributed by atoms with Gasteiger partial charge in [-0.3, -0.25) is 0 Å². The van der Waals surface area contributed by atoms with Crippen molar-refractivity contribution in [2.24, 2.45) is 0 Å². The van der Waals surface area contributed by atoms with E-state index in [2.05, 4.69) is 102 Å². The number of thiophene rings is 1. The standard InChI is InChI=1S/C32H27NS/c1-2-8-21(9-3-1)25-10-4-6-12-28(25)33-24-18-16-22-14-15-23-17-19-30-32(31(23)27(22)20-24)26-11-5-7-13-29(26)34-30/h1-3,5,8-12,14-16,18,20,33H,4,6-7,13,17,19H2. The zero-order chi connectivity index (χ0) is 22.5. The number of anilines is 1. The highest BCUT2D eigenvalue weighted by Crippen LogP contribution is 2.47. The lowest BCUT2D eigenvalue weighted by atomic mass is 9.83. The second kappa shape index (κ2) is 8.14. The molecule has 0 aliphatic heterocycles. The van der Waals surface area contributed by atoms with Crippen LogP contribution in [0.4, 0.5) is 5.69 Å². The average molecular weight is 458 g/mol. The molecule has 34 heavy (non-hydrogen) atoms. The molecule has 7 rings (SSSR count). The first kappa shape index (κ1) is 20.1. The van der Waals surface area contributed by atoms with Crippen LogP contribution in [0.15, 0.2) is 84.6 Å². The van der Waals surface area contributed by atoms with Gasteiger partial charge in [0.15, 0.2) is 0 Å². The maximum Gasteiger partial charge on any atom is 0.0420 e. The quantitative estimate of drug-likeness (QED) is 0.324. The lowest BCUT2D eigenvalue weighted by Gasteiger charge is -2.22. The SMILES string of the molecule is C1=Cc2c(sc3c2-c2c(ccc4ccc(NC5=CCCC=C5c5ccccc5)cc24)CC3)CC1. The Labute approximate surface area is 205 Å². The molecular formula is C32H27NS. The van der Waals surface area contributed by atoms with Gasteiger partial charge in [-0.15, -0.1) is 11.3 Å². The third-order valence-electron chi connectivity index (χ3n) is 7.41. The number of allylic oxidation sites excluding steroid dienone is 4. The van der Waals surface area contributed by atoms with E-state index in [9.17, 15) is 0 Å². The molecular weight excluding hydrogens is 430 g/mol. The van der Waals surface area contributed by atoms with Crippen LogP contribution in [0.1, 0.15) is 45.7 Å². The van der Waals surface area contributed by atoms with Crippen molar-refractivity contribution in [3.05, 3.63) is 111 Å². The number of rotatable bonds is 3. The molecule has 2 heteroatoms. The zero-order valence-electron chi connectivity index (χ0n) is 19.2. The van der Waals surface area contributed by atoms with Crippen LogP contribution in [-0.2, 0) is 19.3 Å². The molecule has 0 amide bonds. The summed E-state index contributed by atoms with van der Waals surface area (Å²) < 4.78 is 0. The Morgan fingerprint density at radius 3 is 2.56 bits per heavy atom. The molecule has 0 atom stereocenters. The van der Waals surface area contributed by atoms with Crippen molar-refractivity contribution in [2.45, 2.75) is 38.5 Å². The molecule has 0 spiro atoms. The van der Waals surface area contributed by atoms with E-state index in [-0.39, 0.29) is 0 Å². The van der Waals surface area contributed by atoms with Gasteiger partial charge < -0.3 is 5.32 Å². The number of hydrogen-bond donors (Lipinski definition) is 1. The van der Waals surface area contributed by atoms with E-state index in [1.165, 1.54) is 74.8 Å². The van der Waals surface area contributed by atoms with Crippen molar-refractivity contribution in [1.82, 2.24) is 0 Å². The van der Waals surface area contributed by atoms with E-state index in [0.29, 0.717) is 0 Å². The first-order valence-electron chi connectivity index (χ1n) is 12.5. The molecule has 0 saturated carbocycles. The molecule has 0 unspecified atom stereocenters. The minimum absolute atomic E-state index is 1.08. The van der Waals surface area contributed by atoms with Gasteiger partial charge in [-0.25, -0.2) is 0 Å². The fourth-order valence-electron chi connectivity index (χ4n) is 5.81. The first-order chi connectivity index (χ1) is 16.8. The molecule has 0 saturated heterocycles. The van der Waals surface area contributed by atoms with Crippen LogP contribution in [0, 0.1) is 0 Å². The Kier molecular flexibility index (Phi) is 4.80.